The Bertz CT molecular complexity index is 411. The SMILES string of the molecule is CN(C(=O)C1CNC(=O)CN1)c1cccnc1. The van der Waals surface area contributed by atoms with Gasteiger partial charge in [-0.3, -0.25) is 19.9 Å². The lowest BCUT2D eigenvalue weighted by Gasteiger charge is -2.27. The van der Waals surface area contributed by atoms with Crippen LogP contribution in [-0.4, -0.2) is 43.0 Å². The van der Waals surface area contributed by atoms with Gasteiger partial charge in [0.2, 0.25) is 11.8 Å². The second-order valence-corrected chi connectivity index (χ2v) is 3.85. The predicted octanol–water partition coefficient (Wildman–Crippen LogP) is -0.868. The van der Waals surface area contributed by atoms with E-state index in [2.05, 4.69) is 15.6 Å². The van der Waals surface area contributed by atoms with Crippen LogP contribution < -0.4 is 15.5 Å². The van der Waals surface area contributed by atoms with Crippen molar-refractivity contribution in [3.8, 4) is 0 Å². The number of piperazine rings is 1. The van der Waals surface area contributed by atoms with E-state index in [-0.39, 0.29) is 24.4 Å². The third-order valence-electron chi connectivity index (χ3n) is 2.67. The first-order valence-electron chi connectivity index (χ1n) is 5.36. The molecular weight excluding hydrogens is 220 g/mol. The molecule has 0 aliphatic carbocycles. The van der Waals surface area contributed by atoms with Crippen molar-refractivity contribution in [2.45, 2.75) is 6.04 Å². The van der Waals surface area contributed by atoms with Crippen LogP contribution in [0.2, 0.25) is 0 Å². The van der Waals surface area contributed by atoms with Crippen molar-refractivity contribution in [2.75, 3.05) is 25.0 Å². The van der Waals surface area contributed by atoms with Gasteiger partial charge in [0, 0.05) is 19.8 Å². The fourth-order valence-electron chi connectivity index (χ4n) is 1.65. The zero-order valence-electron chi connectivity index (χ0n) is 9.51. The maximum Gasteiger partial charge on any atom is 0.245 e. The fraction of sp³-hybridized carbons (Fsp3) is 0.364. The van der Waals surface area contributed by atoms with Crippen molar-refractivity contribution in [3.05, 3.63) is 24.5 Å². The highest BCUT2D eigenvalue weighted by Gasteiger charge is 2.26. The van der Waals surface area contributed by atoms with Gasteiger partial charge in [-0.15, -0.1) is 0 Å². The van der Waals surface area contributed by atoms with Crippen LogP contribution in [0.5, 0.6) is 0 Å². The summed E-state index contributed by atoms with van der Waals surface area (Å²) >= 11 is 0. The van der Waals surface area contributed by atoms with Gasteiger partial charge in [0.15, 0.2) is 0 Å². The van der Waals surface area contributed by atoms with Crippen LogP contribution in [0.4, 0.5) is 5.69 Å². The molecule has 1 fully saturated rings. The molecule has 0 bridgehead atoms. The summed E-state index contributed by atoms with van der Waals surface area (Å²) in [5.74, 6) is -0.170. The molecule has 2 heterocycles. The Labute approximate surface area is 99.0 Å². The van der Waals surface area contributed by atoms with Gasteiger partial charge in [-0.1, -0.05) is 0 Å². The minimum atomic E-state index is -0.377. The van der Waals surface area contributed by atoms with Crippen LogP contribution in [0.3, 0.4) is 0 Å². The van der Waals surface area contributed by atoms with Crippen LogP contribution in [0.1, 0.15) is 0 Å². The first-order chi connectivity index (χ1) is 8.18. The van der Waals surface area contributed by atoms with E-state index in [4.69, 9.17) is 0 Å². The summed E-state index contributed by atoms with van der Waals surface area (Å²) in [6.07, 6.45) is 3.28. The van der Waals surface area contributed by atoms with Gasteiger partial charge in [-0.25, -0.2) is 0 Å². The highest BCUT2D eigenvalue weighted by molar-refractivity contribution is 5.98. The number of pyridine rings is 1. The summed E-state index contributed by atoms with van der Waals surface area (Å²) in [5.41, 5.74) is 0.733. The Kier molecular flexibility index (Phi) is 3.34. The van der Waals surface area contributed by atoms with Gasteiger partial charge in [-0.05, 0) is 12.1 Å². The Balaban J connectivity index is 2.03. The van der Waals surface area contributed by atoms with Crippen LogP contribution in [0, 0.1) is 0 Å². The minimum absolute atomic E-state index is 0.0851. The summed E-state index contributed by atoms with van der Waals surface area (Å²) in [5, 5.41) is 5.55. The smallest absolute Gasteiger partial charge is 0.245 e. The molecule has 0 spiro atoms. The van der Waals surface area contributed by atoms with Crippen molar-refractivity contribution in [1.82, 2.24) is 15.6 Å². The summed E-state index contributed by atoms with van der Waals surface area (Å²) in [6, 6.07) is 3.21. The number of likely N-dealkylation sites (N-methyl/N-ethyl adjacent to an activating group) is 1. The largest absolute Gasteiger partial charge is 0.353 e. The molecule has 0 radical (unpaired) electrons. The van der Waals surface area contributed by atoms with Crippen molar-refractivity contribution in [2.24, 2.45) is 0 Å². The number of carbonyl (C=O) groups is 2. The van der Waals surface area contributed by atoms with Gasteiger partial charge in [0.05, 0.1) is 18.4 Å². The predicted molar refractivity (Wildman–Crippen MR) is 62.4 cm³/mol. The van der Waals surface area contributed by atoms with E-state index >= 15 is 0 Å². The molecule has 1 unspecified atom stereocenters. The van der Waals surface area contributed by atoms with Crippen LogP contribution in [0.25, 0.3) is 0 Å². The van der Waals surface area contributed by atoms with Gasteiger partial charge < -0.3 is 10.2 Å². The van der Waals surface area contributed by atoms with E-state index in [0.29, 0.717) is 6.54 Å². The molecule has 0 aromatic carbocycles. The van der Waals surface area contributed by atoms with E-state index in [9.17, 15) is 9.59 Å². The molecule has 90 valence electrons. The second kappa shape index (κ2) is 4.92. The molecule has 0 saturated carbocycles. The Hall–Kier alpha value is -1.95. The molecule has 1 aromatic heterocycles. The molecule has 2 N–H and O–H groups in total. The second-order valence-electron chi connectivity index (χ2n) is 3.85. The highest BCUT2D eigenvalue weighted by Crippen LogP contribution is 2.10. The number of hydrogen-bond acceptors (Lipinski definition) is 4. The van der Waals surface area contributed by atoms with Crippen LogP contribution >= 0.6 is 0 Å². The molecular formula is C11H14N4O2. The van der Waals surface area contributed by atoms with Crippen molar-refractivity contribution < 1.29 is 9.59 Å². The van der Waals surface area contributed by atoms with Gasteiger partial charge in [0.25, 0.3) is 0 Å². The zero-order valence-corrected chi connectivity index (χ0v) is 9.51. The maximum absolute atomic E-state index is 12.1. The summed E-state index contributed by atoms with van der Waals surface area (Å²) in [7, 11) is 1.69. The van der Waals surface area contributed by atoms with Gasteiger partial charge in [-0.2, -0.15) is 0 Å². The number of rotatable bonds is 2. The van der Waals surface area contributed by atoms with E-state index < -0.39 is 0 Å². The normalized spacial score (nSPS) is 19.6. The number of carbonyl (C=O) groups excluding carboxylic acids is 2. The number of aromatic nitrogens is 1. The quantitative estimate of drug-likeness (QED) is 0.698. The fourth-order valence-corrected chi connectivity index (χ4v) is 1.65. The Morgan fingerprint density at radius 2 is 2.41 bits per heavy atom. The van der Waals surface area contributed by atoms with Gasteiger partial charge >= 0.3 is 0 Å². The molecule has 1 atom stereocenters. The third kappa shape index (κ3) is 2.59. The molecule has 6 nitrogen and oxygen atoms in total. The Morgan fingerprint density at radius 1 is 1.59 bits per heavy atom. The molecule has 2 rings (SSSR count). The summed E-state index contributed by atoms with van der Waals surface area (Å²) < 4.78 is 0. The van der Waals surface area contributed by atoms with E-state index in [1.165, 1.54) is 4.90 Å². The number of nitrogens with zero attached hydrogens (tertiary/aromatic N) is 2. The summed E-state index contributed by atoms with van der Waals surface area (Å²) in [4.78, 5) is 28.5. The number of anilines is 1. The van der Waals surface area contributed by atoms with E-state index in [1.54, 1.807) is 25.5 Å². The number of amides is 2. The topological polar surface area (TPSA) is 74.3 Å². The first kappa shape index (κ1) is 11.5. The van der Waals surface area contributed by atoms with Crippen molar-refractivity contribution in [3.63, 3.8) is 0 Å². The average Bonchev–Trinajstić information content (AvgIpc) is 2.39. The number of hydrogen-bond donors (Lipinski definition) is 2. The van der Waals surface area contributed by atoms with Crippen LogP contribution in [0.15, 0.2) is 24.5 Å². The zero-order chi connectivity index (χ0) is 12.3. The lowest BCUT2D eigenvalue weighted by molar-refractivity contribution is -0.125. The number of nitrogens with one attached hydrogen (secondary N) is 2. The lowest BCUT2D eigenvalue weighted by atomic mass is 10.2. The average molecular weight is 234 g/mol. The van der Waals surface area contributed by atoms with Crippen molar-refractivity contribution in [1.29, 1.82) is 0 Å². The lowest BCUT2D eigenvalue weighted by Crippen LogP contribution is -2.58. The first-order valence-corrected chi connectivity index (χ1v) is 5.36. The summed E-state index contributed by atoms with van der Waals surface area (Å²) in [6.45, 7) is 0.500. The monoisotopic (exact) mass is 234 g/mol. The van der Waals surface area contributed by atoms with Crippen LogP contribution in [-0.2, 0) is 9.59 Å². The third-order valence-corrected chi connectivity index (χ3v) is 2.67. The molecule has 1 aromatic rings. The minimum Gasteiger partial charge on any atom is -0.353 e. The molecule has 1 aliphatic rings. The Morgan fingerprint density at radius 3 is 3.00 bits per heavy atom. The molecule has 6 heteroatoms. The molecule has 1 saturated heterocycles. The van der Waals surface area contributed by atoms with Crippen molar-refractivity contribution >= 4 is 17.5 Å². The molecule has 2 amide bonds. The molecule has 1 aliphatic heterocycles. The van der Waals surface area contributed by atoms with Gasteiger partial charge in [0.1, 0.15) is 6.04 Å². The standard InChI is InChI=1S/C11H14N4O2/c1-15(8-3-2-4-12-5-8)11(17)9-6-14-10(16)7-13-9/h2-5,9,13H,6-7H2,1H3,(H,14,16). The van der Waals surface area contributed by atoms with E-state index in [1.807, 2.05) is 6.07 Å². The van der Waals surface area contributed by atoms with E-state index in [0.717, 1.165) is 5.69 Å². The highest BCUT2D eigenvalue weighted by atomic mass is 16.2. The maximum atomic E-state index is 12.1. The molecule has 17 heavy (non-hydrogen) atoms.